The van der Waals surface area contributed by atoms with Crippen molar-refractivity contribution in [1.82, 2.24) is 4.57 Å². The van der Waals surface area contributed by atoms with Gasteiger partial charge in [0.1, 0.15) is 6.54 Å². The number of hydrogen-bond acceptors (Lipinski definition) is 2. The number of rotatable bonds is 3. The summed E-state index contributed by atoms with van der Waals surface area (Å²) in [6.45, 7) is 0.104. The van der Waals surface area contributed by atoms with E-state index in [-0.39, 0.29) is 12.5 Å². The first kappa shape index (κ1) is 14.3. The molecule has 2 heterocycles. The largest absolute Gasteiger partial charge is 0.368 e. The van der Waals surface area contributed by atoms with Gasteiger partial charge in [0, 0.05) is 39.5 Å². The normalized spacial score (nSPS) is 14.8. The summed E-state index contributed by atoms with van der Waals surface area (Å²) in [5, 5.41) is 3.84. The number of anilines is 1. The zero-order chi connectivity index (χ0) is 16.7. The zero-order valence-corrected chi connectivity index (χ0v) is 12.8. The molecule has 0 unspecified atom stereocenters. The molecular formula is C19H15N3O2. The van der Waals surface area contributed by atoms with E-state index in [4.69, 9.17) is 5.73 Å². The number of aromatic nitrogens is 1. The average molecular weight is 317 g/mol. The van der Waals surface area contributed by atoms with Gasteiger partial charge in [0.25, 0.3) is 5.91 Å². The van der Waals surface area contributed by atoms with Crippen LogP contribution in [0, 0.1) is 0 Å². The molecule has 4 rings (SSSR count). The second kappa shape index (κ2) is 5.38. The summed E-state index contributed by atoms with van der Waals surface area (Å²) in [5.74, 6) is -0.526. The van der Waals surface area contributed by atoms with Crippen LogP contribution >= 0.6 is 0 Å². The summed E-state index contributed by atoms with van der Waals surface area (Å²) in [5.41, 5.74) is 9.45. The number of nitrogens with one attached hydrogen (secondary N) is 1. The fourth-order valence-electron chi connectivity index (χ4n) is 3.13. The third-order valence-electron chi connectivity index (χ3n) is 4.16. The van der Waals surface area contributed by atoms with Crippen LogP contribution in [0.25, 0.3) is 22.6 Å². The molecule has 1 aromatic heterocycles. The zero-order valence-electron chi connectivity index (χ0n) is 12.8. The minimum atomic E-state index is -0.404. The van der Waals surface area contributed by atoms with E-state index in [1.165, 1.54) is 0 Å². The fraction of sp³-hybridized carbons (Fsp3) is 0.0526. The summed E-state index contributed by atoms with van der Waals surface area (Å²) in [6, 6.07) is 15.3. The lowest BCUT2D eigenvalue weighted by Crippen LogP contribution is -2.17. The number of amides is 2. The molecule has 2 amide bonds. The van der Waals surface area contributed by atoms with Gasteiger partial charge in [-0.05, 0) is 18.2 Å². The number of primary amides is 1. The lowest BCUT2D eigenvalue weighted by atomic mass is 10.0. The molecule has 3 N–H and O–H groups in total. The van der Waals surface area contributed by atoms with E-state index in [0.717, 1.165) is 27.7 Å². The molecule has 0 saturated heterocycles. The standard InChI is InChI=1S/C19H15N3O2/c20-18(23)11-22-10-12(13-5-2-4-8-17(13)22)9-15-14-6-1-3-7-16(14)21-19(15)24/h1-10H,11H2,(H2,20,23)(H,21,24)/b15-9+. The molecule has 5 nitrogen and oxygen atoms in total. The van der Waals surface area contributed by atoms with Crippen molar-refractivity contribution in [3.63, 3.8) is 0 Å². The van der Waals surface area contributed by atoms with Crippen molar-refractivity contribution in [2.24, 2.45) is 5.73 Å². The number of carbonyl (C=O) groups excluding carboxylic acids is 2. The quantitative estimate of drug-likeness (QED) is 0.729. The molecule has 3 aromatic rings. The SMILES string of the molecule is NC(=O)Cn1cc(/C=C2/C(=O)Nc3ccccc32)c2ccccc21. The Morgan fingerprint density at radius 2 is 1.88 bits per heavy atom. The van der Waals surface area contributed by atoms with Crippen molar-refractivity contribution in [3.8, 4) is 0 Å². The van der Waals surface area contributed by atoms with Gasteiger partial charge < -0.3 is 15.6 Å². The molecule has 1 aliphatic heterocycles. The van der Waals surface area contributed by atoms with E-state index in [9.17, 15) is 9.59 Å². The van der Waals surface area contributed by atoms with Crippen molar-refractivity contribution < 1.29 is 9.59 Å². The lowest BCUT2D eigenvalue weighted by Gasteiger charge is -2.00. The molecule has 5 heteroatoms. The van der Waals surface area contributed by atoms with Crippen LogP contribution in [-0.4, -0.2) is 16.4 Å². The minimum Gasteiger partial charge on any atom is -0.368 e. The van der Waals surface area contributed by atoms with E-state index in [1.807, 2.05) is 65.4 Å². The summed E-state index contributed by atoms with van der Waals surface area (Å²) in [4.78, 5) is 23.6. The Balaban J connectivity index is 1.89. The van der Waals surface area contributed by atoms with Crippen molar-refractivity contribution in [2.75, 3.05) is 5.32 Å². The highest BCUT2D eigenvalue weighted by atomic mass is 16.2. The van der Waals surface area contributed by atoms with Gasteiger partial charge in [-0.1, -0.05) is 36.4 Å². The fourth-order valence-corrected chi connectivity index (χ4v) is 3.13. The maximum absolute atomic E-state index is 12.3. The van der Waals surface area contributed by atoms with Crippen LogP contribution in [0.1, 0.15) is 11.1 Å². The average Bonchev–Trinajstić information content (AvgIpc) is 3.06. The van der Waals surface area contributed by atoms with Gasteiger partial charge in [0.05, 0.1) is 0 Å². The van der Waals surface area contributed by atoms with Crippen LogP contribution < -0.4 is 11.1 Å². The second-order valence-electron chi connectivity index (χ2n) is 5.75. The molecule has 0 spiro atoms. The number of nitrogens with two attached hydrogens (primary N) is 1. The summed E-state index contributed by atoms with van der Waals surface area (Å²) < 4.78 is 1.81. The molecule has 0 fully saturated rings. The van der Waals surface area contributed by atoms with Gasteiger partial charge in [-0.15, -0.1) is 0 Å². The Morgan fingerprint density at radius 1 is 1.12 bits per heavy atom. The number of hydrogen-bond donors (Lipinski definition) is 2. The van der Waals surface area contributed by atoms with Crippen molar-refractivity contribution in [2.45, 2.75) is 6.54 Å². The summed E-state index contributed by atoms with van der Waals surface area (Å²) in [6.07, 6.45) is 3.72. The number of para-hydroxylation sites is 2. The molecule has 0 atom stereocenters. The highest BCUT2D eigenvalue weighted by Crippen LogP contribution is 2.34. The third kappa shape index (κ3) is 2.27. The van der Waals surface area contributed by atoms with Gasteiger partial charge in [-0.25, -0.2) is 0 Å². The van der Waals surface area contributed by atoms with E-state index in [1.54, 1.807) is 0 Å². The van der Waals surface area contributed by atoms with E-state index in [0.29, 0.717) is 5.57 Å². The summed E-state index contributed by atoms with van der Waals surface area (Å²) in [7, 11) is 0. The van der Waals surface area contributed by atoms with Crippen LogP contribution in [0.15, 0.2) is 54.7 Å². The predicted octanol–water partition coefficient (Wildman–Crippen LogP) is 2.62. The first-order valence-electron chi connectivity index (χ1n) is 7.62. The molecule has 0 bridgehead atoms. The van der Waals surface area contributed by atoms with Gasteiger partial charge in [-0.2, -0.15) is 0 Å². The Kier molecular flexibility index (Phi) is 3.20. The highest BCUT2D eigenvalue weighted by Gasteiger charge is 2.23. The Hall–Kier alpha value is -3.34. The number of fused-ring (bicyclic) bond motifs is 2. The first-order valence-corrected chi connectivity index (χ1v) is 7.62. The van der Waals surface area contributed by atoms with Gasteiger partial charge in [0.15, 0.2) is 0 Å². The monoisotopic (exact) mass is 317 g/mol. The molecule has 0 aliphatic carbocycles. The summed E-state index contributed by atoms with van der Waals surface area (Å²) >= 11 is 0. The number of nitrogens with zero attached hydrogens (tertiary/aromatic N) is 1. The smallest absolute Gasteiger partial charge is 0.256 e. The van der Waals surface area contributed by atoms with Gasteiger partial charge in [-0.3, -0.25) is 9.59 Å². The Bertz CT molecular complexity index is 1010. The minimum absolute atomic E-state index is 0.104. The maximum atomic E-state index is 12.3. The lowest BCUT2D eigenvalue weighted by molar-refractivity contribution is -0.118. The Morgan fingerprint density at radius 3 is 2.71 bits per heavy atom. The van der Waals surface area contributed by atoms with Crippen molar-refractivity contribution >= 4 is 40.1 Å². The molecule has 2 aromatic carbocycles. The Labute approximate surface area is 138 Å². The number of carbonyl (C=O) groups is 2. The van der Waals surface area contributed by atoms with Gasteiger partial charge >= 0.3 is 0 Å². The van der Waals surface area contributed by atoms with Crippen LogP contribution in [0.3, 0.4) is 0 Å². The molecule has 0 saturated carbocycles. The topological polar surface area (TPSA) is 77.1 Å². The number of benzene rings is 2. The molecule has 24 heavy (non-hydrogen) atoms. The highest BCUT2D eigenvalue weighted by molar-refractivity contribution is 6.35. The van der Waals surface area contributed by atoms with Crippen molar-refractivity contribution in [1.29, 1.82) is 0 Å². The van der Waals surface area contributed by atoms with Crippen molar-refractivity contribution in [3.05, 3.63) is 65.9 Å². The van der Waals surface area contributed by atoms with E-state index in [2.05, 4.69) is 5.32 Å². The van der Waals surface area contributed by atoms with E-state index < -0.39 is 5.91 Å². The predicted molar refractivity (Wildman–Crippen MR) is 94.1 cm³/mol. The third-order valence-corrected chi connectivity index (χ3v) is 4.16. The molecular weight excluding hydrogens is 302 g/mol. The van der Waals surface area contributed by atoms with Gasteiger partial charge in [0.2, 0.25) is 5.91 Å². The first-order chi connectivity index (χ1) is 11.6. The van der Waals surface area contributed by atoms with Crippen LogP contribution in [-0.2, 0) is 16.1 Å². The van der Waals surface area contributed by atoms with Crippen LogP contribution in [0.2, 0.25) is 0 Å². The molecule has 118 valence electrons. The second-order valence-corrected chi connectivity index (χ2v) is 5.75. The molecule has 1 aliphatic rings. The maximum Gasteiger partial charge on any atom is 0.256 e. The van der Waals surface area contributed by atoms with Crippen LogP contribution in [0.4, 0.5) is 5.69 Å². The molecule has 0 radical (unpaired) electrons. The van der Waals surface area contributed by atoms with Crippen LogP contribution in [0.5, 0.6) is 0 Å². The van der Waals surface area contributed by atoms with E-state index >= 15 is 0 Å².